The average molecular weight is 425 g/mol. The summed E-state index contributed by atoms with van der Waals surface area (Å²) in [4.78, 5) is 28.1. The number of carbonyl (C=O) groups is 2. The van der Waals surface area contributed by atoms with E-state index in [1.165, 1.54) is 4.90 Å². The van der Waals surface area contributed by atoms with Gasteiger partial charge in [-0.3, -0.25) is 14.5 Å². The van der Waals surface area contributed by atoms with Crippen LogP contribution in [0.3, 0.4) is 0 Å². The third kappa shape index (κ3) is 2.98. The fraction of sp³-hybridized carbons (Fsp3) is 0.500. The molecule has 1 saturated carbocycles. The van der Waals surface area contributed by atoms with Gasteiger partial charge < -0.3 is 19.4 Å². The number of furan rings is 1. The normalized spacial score (nSPS) is 35.0. The van der Waals surface area contributed by atoms with Crippen LogP contribution < -0.4 is 4.90 Å². The number of fused-ring (bicyclic) bond motifs is 3. The number of carbonyl (C=O) groups excluding carboxylic acids is 2. The smallest absolute Gasteiger partial charge is 0.238 e. The van der Waals surface area contributed by atoms with Gasteiger partial charge in [0, 0.05) is 11.8 Å². The van der Waals surface area contributed by atoms with E-state index in [9.17, 15) is 19.8 Å². The number of hydrogen-bond donors (Lipinski definition) is 2. The first-order valence-electron chi connectivity index (χ1n) is 10.9. The summed E-state index contributed by atoms with van der Waals surface area (Å²) in [5.41, 5.74) is 0.561. The quantitative estimate of drug-likeness (QED) is 0.731. The lowest BCUT2D eigenvalue weighted by Gasteiger charge is -2.46. The van der Waals surface area contributed by atoms with E-state index in [1.807, 2.05) is 19.9 Å². The number of anilines is 1. The summed E-state index contributed by atoms with van der Waals surface area (Å²) in [5, 5.41) is 21.1. The van der Waals surface area contributed by atoms with Gasteiger partial charge in [0.25, 0.3) is 0 Å². The van der Waals surface area contributed by atoms with Crippen molar-refractivity contribution in [2.24, 2.45) is 29.6 Å². The first kappa shape index (κ1) is 20.4. The van der Waals surface area contributed by atoms with Crippen LogP contribution in [0.1, 0.15) is 44.3 Å². The highest BCUT2D eigenvalue weighted by molar-refractivity contribution is 6.22. The SMILES string of the molecule is CC(C)[C@H]1C[C@@H]2C(=O)N(c3ccccc3)C(=O)[C@@H]2[C@@H]2C[C@@H](c3ccc(CO)o3)O[C@]12O. The predicted octanol–water partition coefficient (Wildman–Crippen LogP) is 3.02. The van der Waals surface area contributed by atoms with Crippen molar-refractivity contribution in [1.29, 1.82) is 0 Å². The van der Waals surface area contributed by atoms with E-state index in [0.29, 0.717) is 30.0 Å². The van der Waals surface area contributed by atoms with Crippen molar-refractivity contribution in [3.05, 3.63) is 54.0 Å². The molecule has 1 aliphatic carbocycles. The number of imide groups is 1. The molecule has 7 heteroatoms. The Hall–Kier alpha value is -2.48. The lowest BCUT2D eigenvalue weighted by molar-refractivity contribution is -0.277. The Labute approximate surface area is 180 Å². The van der Waals surface area contributed by atoms with Gasteiger partial charge >= 0.3 is 0 Å². The fourth-order valence-electron chi connectivity index (χ4n) is 5.83. The van der Waals surface area contributed by atoms with Gasteiger partial charge in [-0.1, -0.05) is 32.0 Å². The van der Waals surface area contributed by atoms with Crippen LogP contribution in [0.15, 0.2) is 46.9 Å². The molecule has 1 aromatic heterocycles. The molecule has 0 bridgehead atoms. The van der Waals surface area contributed by atoms with Gasteiger partial charge in [0.1, 0.15) is 24.2 Å². The van der Waals surface area contributed by atoms with Gasteiger partial charge in [-0.25, -0.2) is 0 Å². The van der Waals surface area contributed by atoms with Gasteiger partial charge in [0.2, 0.25) is 11.8 Å². The molecule has 3 aliphatic rings. The first-order chi connectivity index (χ1) is 14.8. The second-order valence-corrected chi connectivity index (χ2v) is 9.23. The monoisotopic (exact) mass is 425 g/mol. The molecule has 6 atom stereocenters. The highest BCUT2D eigenvalue weighted by Crippen LogP contribution is 2.59. The molecule has 2 aliphatic heterocycles. The van der Waals surface area contributed by atoms with Gasteiger partial charge in [0.15, 0.2) is 5.79 Å². The zero-order chi connectivity index (χ0) is 21.9. The Bertz CT molecular complexity index is 1000. The summed E-state index contributed by atoms with van der Waals surface area (Å²) < 4.78 is 11.9. The molecule has 5 rings (SSSR count). The summed E-state index contributed by atoms with van der Waals surface area (Å²) in [5.74, 6) is -2.91. The molecule has 0 unspecified atom stereocenters. The van der Waals surface area contributed by atoms with Crippen LogP contribution in [0.5, 0.6) is 0 Å². The van der Waals surface area contributed by atoms with Crippen molar-refractivity contribution in [3.63, 3.8) is 0 Å². The van der Waals surface area contributed by atoms with Crippen LogP contribution in [0, 0.1) is 29.6 Å². The molecule has 164 valence electrons. The van der Waals surface area contributed by atoms with Crippen LogP contribution in [0.4, 0.5) is 5.69 Å². The molecule has 31 heavy (non-hydrogen) atoms. The number of para-hydroxylation sites is 1. The molecule has 1 aromatic carbocycles. The van der Waals surface area contributed by atoms with Crippen molar-refractivity contribution >= 4 is 17.5 Å². The van der Waals surface area contributed by atoms with Crippen LogP contribution in [-0.2, 0) is 20.9 Å². The van der Waals surface area contributed by atoms with Crippen LogP contribution in [-0.4, -0.2) is 27.8 Å². The van der Waals surface area contributed by atoms with Gasteiger partial charge in [0.05, 0.1) is 17.5 Å². The van der Waals surface area contributed by atoms with Gasteiger partial charge in [-0.15, -0.1) is 0 Å². The zero-order valence-electron chi connectivity index (χ0n) is 17.6. The molecule has 2 amide bonds. The number of ether oxygens (including phenoxy) is 1. The minimum Gasteiger partial charge on any atom is -0.461 e. The summed E-state index contributed by atoms with van der Waals surface area (Å²) in [6, 6.07) is 12.4. The molecule has 3 fully saturated rings. The molecular formula is C24H27NO6. The highest BCUT2D eigenvalue weighted by Gasteiger charge is 2.67. The molecule has 7 nitrogen and oxygen atoms in total. The Balaban J connectivity index is 1.53. The minimum absolute atomic E-state index is 0.0606. The zero-order valence-corrected chi connectivity index (χ0v) is 17.6. The molecule has 2 saturated heterocycles. The summed E-state index contributed by atoms with van der Waals surface area (Å²) in [7, 11) is 0. The van der Waals surface area contributed by atoms with E-state index < -0.39 is 29.6 Å². The van der Waals surface area contributed by atoms with Crippen molar-refractivity contribution in [3.8, 4) is 0 Å². The van der Waals surface area contributed by atoms with Crippen LogP contribution in [0.25, 0.3) is 0 Å². The van der Waals surface area contributed by atoms with E-state index in [4.69, 9.17) is 9.15 Å². The maximum Gasteiger partial charge on any atom is 0.238 e. The van der Waals surface area contributed by atoms with Crippen molar-refractivity contribution in [2.45, 2.75) is 45.2 Å². The maximum atomic E-state index is 13.5. The Kier molecular flexibility index (Phi) is 4.80. The summed E-state index contributed by atoms with van der Waals surface area (Å²) in [6.45, 7) is 3.78. The maximum absolute atomic E-state index is 13.5. The largest absolute Gasteiger partial charge is 0.461 e. The third-order valence-electron chi connectivity index (χ3n) is 7.25. The van der Waals surface area contributed by atoms with Crippen LogP contribution in [0.2, 0.25) is 0 Å². The third-order valence-corrected chi connectivity index (χ3v) is 7.25. The number of rotatable bonds is 4. The second kappa shape index (κ2) is 7.29. The topological polar surface area (TPSA) is 100 Å². The van der Waals surface area contributed by atoms with Crippen LogP contribution >= 0.6 is 0 Å². The standard InChI is InChI=1S/C24H27NO6/c1-13(2)17-10-16-21(23(28)25(22(16)27)14-6-4-3-5-7-14)18-11-20(31-24(17,18)29)19-9-8-15(12-26)30-19/h3-9,13,16-18,20-21,26,29H,10-12H2,1-2H3/t16-,17+,18-,20-,21-,24+/m0/s1. The molecule has 3 heterocycles. The van der Waals surface area contributed by atoms with Crippen molar-refractivity contribution < 1.29 is 29.0 Å². The van der Waals surface area contributed by atoms with E-state index in [-0.39, 0.29) is 30.3 Å². The molecular weight excluding hydrogens is 398 g/mol. The number of aliphatic hydroxyl groups excluding tert-OH is 1. The van der Waals surface area contributed by atoms with Crippen molar-refractivity contribution in [1.82, 2.24) is 0 Å². The molecule has 2 N–H and O–H groups in total. The number of aliphatic hydroxyl groups is 2. The lowest BCUT2D eigenvalue weighted by atomic mass is 9.62. The summed E-state index contributed by atoms with van der Waals surface area (Å²) in [6.07, 6.45) is 0.237. The van der Waals surface area contributed by atoms with E-state index >= 15 is 0 Å². The Morgan fingerprint density at radius 3 is 2.48 bits per heavy atom. The number of nitrogens with zero attached hydrogens (tertiary/aromatic N) is 1. The Morgan fingerprint density at radius 1 is 1.10 bits per heavy atom. The number of benzene rings is 1. The number of hydrogen-bond acceptors (Lipinski definition) is 6. The predicted molar refractivity (Wildman–Crippen MR) is 110 cm³/mol. The van der Waals surface area contributed by atoms with E-state index in [1.54, 1.807) is 36.4 Å². The fourth-order valence-corrected chi connectivity index (χ4v) is 5.83. The second-order valence-electron chi connectivity index (χ2n) is 9.23. The minimum atomic E-state index is -1.52. The van der Waals surface area contributed by atoms with E-state index in [0.717, 1.165) is 0 Å². The average Bonchev–Trinajstić information content (AvgIpc) is 3.42. The number of amides is 2. The first-order valence-corrected chi connectivity index (χ1v) is 10.9. The molecule has 0 spiro atoms. The highest BCUT2D eigenvalue weighted by atomic mass is 16.6. The van der Waals surface area contributed by atoms with Crippen molar-refractivity contribution in [2.75, 3.05) is 4.90 Å². The molecule has 0 radical (unpaired) electrons. The summed E-state index contributed by atoms with van der Waals surface area (Å²) >= 11 is 0. The molecule has 2 aromatic rings. The van der Waals surface area contributed by atoms with Gasteiger partial charge in [-0.05, 0) is 43.0 Å². The van der Waals surface area contributed by atoms with E-state index in [2.05, 4.69) is 0 Å². The van der Waals surface area contributed by atoms with Gasteiger partial charge in [-0.2, -0.15) is 0 Å². The Morgan fingerprint density at radius 2 is 1.84 bits per heavy atom. The lowest BCUT2D eigenvalue weighted by Crippen LogP contribution is -2.55.